The highest BCUT2D eigenvalue weighted by atomic mass is 15.3. The van der Waals surface area contributed by atoms with Crippen molar-refractivity contribution in [1.29, 1.82) is 0 Å². The second-order valence-electron chi connectivity index (χ2n) is 5.76. The van der Waals surface area contributed by atoms with Gasteiger partial charge in [0.1, 0.15) is 0 Å². The summed E-state index contributed by atoms with van der Waals surface area (Å²) >= 11 is 0. The maximum atomic E-state index is 4.72. The Bertz CT molecular complexity index is 389. The average molecular weight is 249 g/mol. The normalized spacial score (nSPS) is 18.4. The molecule has 1 heterocycles. The largest absolute Gasteiger partial charge is 0.313 e. The molecular formula is C15H27N3. The lowest BCUT2D eigenvalue weighted by Crippen LogP contribution is -2.14. The lowest BCUT2D eigenvalue weighted by atomic mass is 10.0. The Labute approximate surface area is 111 Å². The van der Waals surface area contributed by atoms with E-state index in [9.17, 15) is 0 Å². The molecule has 0 bridgehead atoms. The predicted octanol–water partition coefficient (Wildman–Crippen LogP) is 3.36. The fourth-order valence-electron chi connectivity index (χ4n) is 3.30. The van der Waals surface area contributed by atoms with E-state index in [2.05, 4.69) is 30.8 Å². The van der Waals surface area contributed by atoms with Crippen LogP contribution >= 0.6 is 0 Å². The molecule has 0 amide bonds. The standard InChI is InChI=1S/C15H27N3/c1-11(16-4)15-12(2)17-18(13(15)3)10-9-14-7-5-6-8-14/h11,14,16H,5-10H2,1-4H3. The molecule has 3 heteroatoms. The third-order valence-corrected chi connectivity index (χ3v) is 4.53. The van der Waals surface area contributed by atoms with Crippen LogP contribution in [0.4, 0.5) is 0 Å². The third kappa shape index (κ3) is 2.77. The van der Waals surface area contributed by atoms with Crippen molar-refractivity contribution in [2.75, 3.05) is 7.05 Å². The first-order valence-electron chi connectivity index (χ1n) is 7.34. The van der Waals surface area contributed by atoms with Gasteiger partial charge in [0, 0.05) is 23.8 Å². The topological polar surface area (TPSA) is 29.9 Å². The molecule has 0 saturated heterocycles. The van der Waals surface area contributed by atoms with Gasteiger partial charge in [-0.3, -0.25) is 4.68 Å². The number of aryl methyl sites for hydroxylation is 2. The summed E-state index contributed by atoms with van der Waals surface area (Å²) in [5.74, 6) is 0.944. The van der Waals surface area contributed by atoms with Crippen molar-refractivity contribution in [3.63, 3.8) is 0 Å². The van der Waals surface area contributed by atoms with Crippen LogP contribution in [-0.4, -0.2) is 16.8 Å². The maximum absolute atomic E-state index is 4.72. The summed E-state index contributed by atoms with van der Waals surface area (Å²) in [5, 5.41) is 8.04. The monoisotopic (exact) mass is 249 g/mol. The summed E-state index contributed by atoms with van der Waals surface area (Å²) < 4.78 is 2.22. The molecule has 1 aromatic rings. The van der Waals surface area contributed by atoms with Crippen molar-refractivity contribution in [2.24, 2.45) is 5.92 Å². The molecule has 0 spiro atoms. The van der Waals surface area contributed by atoms with Crippen LogP contribution in [0.1, 0.15) is 62.0 Å². The number of hydrogen-bond acceptors (Lipinski definition) is 2. The van der Waals surface area contributed by atoms with E-state index in [-0.39, 0.29) is 0 Å². The van der Waals surface area contributed by atoms with Crippen molar-refractivity contribution < 1.29 is 0 Å². The SMILES string of the molecule is CNC(C)c1c(C)nn(CCC2CCCC2)c1C. The molecule has 1 unspecified atom stereocenters. The van der Waals surface area contributed by atoms with Gasteiger partial charge < -0.3 is 5.32 Å². The Hall–Kier alpha value is -0.830. The summed E-state index contributed by atoms with van der Waals surface area (Å²) in [6.07, 6.45) is 7.03. The molecule has 1 aromatic heterocycles. The second kappa shape index (κ2) is 5.87. The van der Waals surface area contributed by atoms with E-state index in [0.29, 0.717) is 6.04 Å². The van der Waals surface area contributed by atoms with Gasteiger partial charge in [0.05, 0.1) is 5.69 Å². The number of nitrogens with zero attached hydrogens (tertiary/aromatic N) is 2. The lowest BCUT2D eigenvalue weighted by molar-refractivity contribution is 0.434. The van der Waals surface area contributed by atoms with Crippen molar-refractivity contribution >= 4 is 0 Å². The van der Waals surface area contributed by atoms with Crippen LogP contribution in [0.25, 0.3) is 0 Å². The lowest BCUT2D eigenvalue weighted by Gasteiger charge is -2.12. The molecule has 1 aliphatic carbocycles. The summed E-state index contributed by atoms with van der Waals surface area (Å²) in [6, 6.07) is 0.394. The molecule has 0 radical (unpaired) electrons. The Kier molecular flexibility index (Phi) is 4.44. The molecule has 1 N–H and O–H groups in total. The van der Waals surface area contributed by atoms with Gasteiger partial charge in [-0.1, -0.05) is 25.7 Å². The molecule has 0 aromatic carbocycles. The average Bonchev–Trinajstić information content (AvgIpc) is 2.95. The maximum Gasteiger partial charge on any atom is 0.0644 e. The number of hydrogen-bond donors (Lipinski definition) is 1. The number of rotatable bonds is 5. The fraction of sp³-hybridized carbons (Fsp3) is 0.800. The van der Waals surface area contributed by atoms with E-state index in [4.69, 9.17) is 5.10 Å². The molecule has 2 rings (SSSR count). The van der Waals surface area contributed by atoms with Gasteiger partial charge >= 0.3 is 0 Å². The van der Waals surface area contributed by atoms with Crippen molar-refractivity contribution in [1.82, 2.24) is 15.1 Å². The zero-order valence-electron chi connectivity index (χ0n) is 12.3. The quantitative estimate of drug-likeness (QED) is 0.867. The van der Waals surface area contributed by atoms with Crippen LogP contribution < -0.4 is 5.32 Å². The summed E-state index contributed by atoms with van der Waals surface area (Å²) in [7, 11) is 2.01. The van der Waals surface area contributed by atoms with Gasteiger partial charge in [-0.05, 0) is 40.2 Å². The first-order valence-corrected chi connectivity index (χ1v) is 7.34. The van der Waals surface area contributed by atoms with Gasteiger partial charge in [0.25, 0.3) is 0 Å². The molecule has 18 heavy (non-hydrogen) atoms. The van der Waals surface area contributed by atoms with Crippen LogP contribution in [0.3, 0.4) is 0 Å². The van der Waals surface area contributed by atoms with Crippen LogP contribution in [0, 0.1) is 19.8 Å². The van der Waals surface area contributed by atoms with Crippen LogP contribution in [0.5, 0.6) is 0 Å². The Morgan fingerprint density at radius 2 is 2.00 bits per heavy atom. The molecule has 3 nitrogen and oxygen atoms in total. The molecular weight excluding hydrogens is 222 g/mol. The van der Waals surface area contributed by atoms with Crippen molar-refractivity contribution in [3.05, 3.63) is 17.0 Å². The zero-order chi connectivity index (χ0) is 13.1. The first kappa shape index (κ1) is 13.6. The molecule has 1 fully saturated rings. The van der Waals surface area contributed by atoms with E-state index < -0.39 is 0 Å². The second-order valence-corrected chi connectivity index (χ2v) is 5.76. The van der Waals surface area contributed by atoms with E-state index in [1.165, 1.54) is 49.1 Å². The molecule has 102 valence electrons. The van der Waals surface area contributed by atoms with E-state index in [1.807, 2.05) is 7.05 Å². The predicted molar refractivity (Wildman–Crippen MR) is 75.8 cm³/mol. The number of nitrogens with one attached hydrogen (secondary N) is 1. The van der Waals surface area contributed by atoms with Gasteiger partial charge in [0.15, 0.2) is 0 Å². The van der Waals surface area contributed by atoms with E-state index in [1.54, 1.807) is 0 Å². The Balaban J connectivity index is 2.04. The van der Waals surface area contributed by atoms with Crippen LogP contribution in [0.2, 0.25) is 0 Å². The Morgan fingerprint density at radius 1 is 1.33 bits per heavy atom. The minimum atomic E-state index is 0.394. The minimum absolute atomic E-state index is 0.394. The highest BCUT2D eigenvalue weighted by Gasteiger charge is 2.18. The Morgan fingerprint density at radius 3 is 2.61 bits per heavy atom. The van der Waals surface area contributed by atoms with Gasteiger partial charge in [0.2, 0.25) is 0 Å². The summed E-state index contributed by atoms with van der Waals surface area (Å²) in [6.45, 7) is 7.63. The highest BCUT2D eigenvalue weighted by Crippen LogP contribution is 2.28. The van der Waals surface area contributed by atoms with Crippen molar-refractivity contribution in [3.8, 4) is 0 Å². The molecule has 1 saturated carbocycles. The number of aromatic nitrogens is 2. The zero-order valence-corrected chi connectivity index (χ0v) is 12.3. The van der Waals surface area contributed by atoms with Gasteiger partial charge in [-0.25, -0.2) is 0 Å². The van der Waals surface area contributed by atoms with Crippen molar-refractivity contribution in [2.45, 2.75) is 65.5 Å². The van der Waals surface area contributed by atoms with Gasteiger partial charge in [-0.2, -0.15) is 5.10 Å². The molecule has 1 atom stereocenters. The minimum Gasteiger partial charge on any atom is -0.313 e. The van der Waals surface area contributed by atoms with Crippen LogP contribution in [0.15, 0.2) is 0 Å². The van der Waals surface area contributed by atoms with Gasteiger partial charge in [-0.15, -0.1) is 0 Å². The smallest absolute Gasteiger partial charge is 0.0644 e. The fourth-order valence-corrected chi connectivity index (χ4v) is 3.30. The molecule has 1 aliphatic rings. The van der Waals surface area contributed by atoms with E-state index >= 15 is 0 Å². The highest BCUT2D eigenvalue weighted by molar-refractivity contribution is 5.27. The summed E-state index contributed by atoms with van der Waals surface area (Å²) in [4.78, 5) is 0. The van der Waals surface area contributed by atoms with Crippen LogP contribution in [-0.2, 0) is 6.54 Å². The third-order valence-electron chi connectivity index (χ3n) is 4.53. The molecule has 0 aliphatic heterocycles. The first-order chi connectivity index (χ1) is 8.63. The van der Waals surface area contributed by atoms with E-state index in [0.717, 1.165) is 12.5 Å². The summed E-state index contributed by atoms with van der Waals surface area (Å²) in [5.41, 5.74) is 3.90.